The van der Waals surface area contributed by atoms with Crippen molar-refractivity contribution in [3.8, 4) is 5.69 Å². The second-order valence-corrected chi connectivity index (χ2v) is 9.47. The van der Waals surface area contributed by atoms with E-state index in [1.165, 1.54) is 12.3 Å². The highest BCUT2D eigenvalue weighted by Gasteiger charge is 2.36. The SMILES string of the molecule is O=C(O)[C@@H]1CC[C@@H](c2c(C3CCOCC3)n(-c3ccc(F)c(F)c3)c3cc4cn[nH]c4c(F)c23)CO1. The Balaban J connectivity index is 1.66. The summed E-state index contributed by atoms with van der Waals surface area (Å²) in [5, 5.41) is 17.0. The molecule has 2 aromatic heterocycles. The van der Waals surface area contributed by atoms with Gasteiger partial charge in [-0.05, 0) is 49.4 Å². The molecular weight excluding hydrogens is 475 g/mol. The number of hydrogen-bond acceptors (Lipinski definition) is 4. The van der Waals surface area contributed by atoms with E-state index in [1.807, 2.05) is 4.57 Å². The van der Waals surface area contributed by atoms with Crippen LogP contribution in [-0.4, -0.2) is 51.8 Å². The second-order valence-electron chi connectivity index (χ2n) is 9.47. The standard InChI is InChI=1S/C26H24F3N3O4/c27-17-3-2-16(10-18(17)28)32-19-9-15-11-30-31-24(15)23(29)22(19)21(25(32)13-5-7-35-8-6-13)14-1-4-20(26(33)34)36-12-14/h2-3,9-11,13-14,20H,1,4-8,12H2,(H,30,31)(H,33,34)/t14-,20+/m1/s1. The number of nitrogens with one attached hydrogen (secondary N) is 1. The Kier molecular flexibility index (Phi) is 5.72. The van der Waals surface area contributed by atoms with Gasteiger partial charge in [-0.1, -0.05) is 0 Å². The highest BCUT2D eigenvalue weighted by molar-refractivity contribution is 6.00. The van der Waals surface area contributed by atoms with Crippen LogP contribution in [0.5, 0.6) is 0 Å². The average Bonchev–Trinajstić information content (AvgIpc) is 3.50. The van der Waals surface area contributed by atoms with Gasteiger partial charge in [-0.15, -0.1) is 0 Å². The second kappa shape index (κ2) is 8.94. The molecule has 10 heteroatoms. The van der Waals surface area contributed by atoms with Gasteiger partial charge in [-0.3, -0.25) is 5.10 Å². The van der Waals surface area contributed by atoms with Crippen LogP contribution in [0.4, 0.5) is 13.2 Å². The number of benzene rings is 2. The number of aromatic nitrogens is 3. The largest absolute Gasteiger partial charge is 0.479 e. The smallest absolute Gasteiger partial charge is 0.332 e. The molecule has 2 aliphatic heterocycles. The van der Waals surface area contributed by atoms with Gasteiger partial charge in [0.15, 0.2) is 23.6 Å². The highest BCUT2D eigenvalue weighted by Crippen LogP contribution is 2.46. The van der Waals surface area contributed by atoms with E-state index in [0.29, 0.717) is 60.9 Å². The Bertz CT molecular complexity index is 1470. The van der Waals surface area contributed by atoms with Crippen LogP contribution in [0.15, 0.2) is 30.5 Å². The van der Waals surface area contributed by atoms with Crippen LogP contribution >= 0.6 is 0 Å². The van der Waals surface area contributed by atoms with Crippen molar-refractivity contribution in [2.75, 3.05) is 19.8 Å². The molecule has 4 heterocycles. The van der Waals surface area contributed by atoms with Crippen molar-refractivity contribution in [2.24, 2.45) is 0 Å². The molecular formula is C26H24F3N3O4. The molecule has 0 aliphatic carbocycles. The lowest BCUT2D eigenvalue weighted by Crippen LogP contribution is -2.32. The molecule has 0 saturated carbocycles. The lowest BCUT2D eigenvalue weighted by atomic mass is 9.84. The number of rotatable bonds is 4. The van der Waals surface area contributed by atoms with Gasteiger partial charge in [-0.25, -0.2) is 18.0 Å². The van der Waals surface area contributed by atoms with E-state index < -0.39 is 29.5 Å². The number of aromatic amines is 1. The van der Waals surface area contributed by atoms with Gasteiger partial charge in [0.05, 0.1) is 18.3 Å². The number of carboxylic acids is 1. The van der Waals surface area contributed by atoms with Crippen LogP contribution in [0.3, 0.4) is 0 Å². The minimum absolute atomic E-state index is 0.0256. The van der Waals surface area contributed by atoms with Gasteiger partial charge in [0, 0.05) is 53.3 Å². The fourth-order valence-corrected chi connectivity index (χ4v) is 5.71. The predicted octanol–water partition coefficient (Wildman–Crippen LogP) is 5.17. The molecule has 0 bridgehead atoms. The molecule has 2 aromatic carbocycles. The molecule has 6 rings (SSSR count). The fourth-order valence-electron chi connectivity index (χ4n) is 5.71. The summed E-state index contributed by atoms with van der Waals surface area (Å²) in [5.41, 5.74) is 2.68. The minimum Gasteiger partial charge on any atom is -0.479 e. The molecule has 0 radical (unpaired) electrons. The first-order valence-corrected chi connectivity index (χ1v) is 12.0. The molecule has 2 atom stereocenters. The maximum Gasteiger partial charge on any atom is 0.332 e. The highest BCUT2D eigenvalue weighted by atomic mass is 19.2. The minimum atomic E-state index is -1.02. The van der Waals surface area contributed by atoms with Crippen LogP contribution in [-0.2, 0) is 14.3 Å². The van der Waals surface area contributed by atoms with Crippen molar-refractivity contribution < 1.29 is 32.5 Å². The van der Waals surface area contributed by atoms with E-state index in [0.717, 1.165) is 23.4 Å². The molecule has 7 nitrogen and oxygen atoms in total. The van der Waals surface area contributed by atoms with Crippen molar-refractivity contribution >= 4 is 27.8 Å². The molecule has 188 valence electrons. The summed E-state index contributed by atoms with van der Waals surface area (Å²) in [4.78, 5) is 11.5. The molecule has 2 N–H and O–H groups in total. The van der Waals surface area contributed by atoms with Gasteiger partial charge in [0.2, 0.25) is 0 Å². The van der Waals surface area contributed by atoms with Crippen LogP contribution in [0.2, 0.25) is 0 Å². The number of carbonyl (C=O) groups is 1. The number of ether oxygens (including phenoxy) is 2. The summed E-state index contributed by atoms with van der Waals surface area (Å²) in [6, 6.07) is 5.48. The van der Waals surface area contributed by atoms with E-state index in [9.17, 15) is 18.7 Å². The molecule has 0 amide bonds. The van der Waals surface area contributed by atoms with Crippen molar-refractivity contribution in [3.63, 3.8) is 0 Å². The number of halogens is 3. The summed E-state index contributed by atoms with van der Waals surface area (Å²) in [6.07, 6.45) is 2.76. The zero-order chi connectivity index (χ0) is 25.0. The summed E-state index contributed by atoms with van der Waals surface area (Å²) in [5.74, 6) is -3.77. The summed E-state index contributed by atoms with van der Waals surface area (Å²) in [6.45, 7) is 1.17. The number of carboxylic acid groups (broad SMARTS) is 1. The van der Waals surface area contributed by atoms with Crippen LogP contribution < -0.4 is 0 Å². The van der Waals surface area contributed by atoms with Gasteiger partial charge < -0.3 is 19.1 Å². The van der Waals surface area contributed by atoms with Gasteiger partial charge in [0.25, 0.3) is 0 Å². The fraction of sp³-hybridized carbons (Fsp3) is 0.385. The summed E-state index contributed by atoms with van der Waals surface area (Å²) >= 11 is 0. The van der Waals surface area contributed by atoms with E-state index in [2.05, 4.69) is 10.2 Å². The Morgan fingerprint density at radius 1 is 1.06 bits per heavy atom. The Labute approximate surface area is 203 Å². The lowest BCUT2D eigenvalue weighted by molar-refractivity contribution is -0.153. The quantitative estimate of drug-likeness (QED) is 0.405. The number of H-pyrrole nitrogens is 1. The average molecular weight is 499 g/mol. The topological polar surface area (TPSA) is 89.4 Å². The molecule has 2 saturated heterocycles. The van der Waals surface area contributed by atoms with Crippen molar-refractivity contribution in [1.29, 1.82) is 0 Å². The number of hydrogen-bond donors (Lipinski definition) is 2. The van der Waals surface area contributed by atoms with Crippen molar-refractivity contribution in [3.05, 3.63) is 59.2 Å². The van der Waals surface area contributed by atoms with E-state index >= 15 is 4.39 Å². The molecule has 2 fully saturated rings. The Morgan fingerprint density at radius 2 is 1.86 bits per heavy atom. The maximum atomic E-state index is 16.2. The van der Waals surface area contributed by atoms with E-state index in [4.69, 9.17) is 9.47 Å². The molecule has 0 spiro atoms. The van der Waals surface area contributed by atoms with Gasteiger partial charge in [0.1, 0.15) is 5.52 Å². The van der Waals surface area contributed by atoms with Crippen molar-refractivity contribution in [1.82, 2.24) is 14.8 Å². The molecule has 2 aliphatic rings. The third kappa shape index (κ3) is 3.67. The first-order chi connectivity index (χ1) is 17.4. The van der Waals surface area contributed by atoms with Gasteiger partial charge in [-0.2, -0.15) is 5.10 Å². The van der Waals surface area contributed by atoms with Crippen molar-refractivity contribution in [2.45, 2.75) is 43.6 Å². The van der Waals surface area contributed by atoms with E-state index in [1.54, 1.807) is 6.07 Å². The number of aliphatic carboxylic acids is 1. The maximum absolute atomic E-state index is 16.2. The van der Waals surface area contributed by atoms with Gasteiger partial charge >= 0.3 is 5.97 Å². The van der Waals surface area contributed by atoms with Crippen LogP contribution in [0.25, 0.3) is 27.5 Å². The molecule has 36 heavy (non-hydrogen) atoms. The van der Waals surface area contributed by atoms with Crippen LogP contribution in [0.1, 0.15) is 48.8 Å². The zero-order valence-corrected chi connectivity index (χ0v) is 19.3. The van der Waals surface area contributed by atoms with Crippen LogP contribution in [0, 0.1) is 17.5 Å². The summed E-state index contributed by atoms with van der Waals surface area (Å²) < 4.78 is 57.5. The normalized spacial score (nSPS) is 21.4. The third-order valence-electron chi connectivity index (χ3n) is 7.41. The third-order valence-corrected chi connectivity index (χ3v) is 7.41. The number of nitrogens with zero attached hydrogens (tertiary/aromatic N) is 2. The number of fused-ring (bicyclic) bond motifs is 2. The van der Waals surface area contributed by atoms with E-state index in [-0.39, 0.29) is 24.0 Å². The molecule has 0 unspecified atom stereocenters. The first kappa shape index (κ1) is 23.1. The Morgan fingerprint density at radius 3 is 2.56 bits per heavy atom. The first-order valence-electron chi connectivity index (χ1n) is 12.0. The molecule has 4 aromatic rings. The monoisotopic (exact) mass is 499 g/mol. The lowest BCUT2D eigenvalue weighted by Gasteiger charge is -2.31. The summed E-state index contributed by atoms with van der Waals surface area (Å²) in [7, 11) is 0. The zero-order valence-electron chi connectivity index (χ0n) is 19.3. The Hall–Kier alpha value is -3.37. The predicted molar refractivity (Wildman–Crippen MR) is 125 cm³/mol.